The highest BCUT2D eigenvalue weighted by Gasteiger charge is 2.46. The molecular weight excluding hydrogens is 428 g/mol. The third-order valence-corrected chi connectivity index (χ3v) is 5.52. The van der Waals surface area contributed by atoms with Gasteiger partial charge >= 0.3 is 18.1 Å². The molecule has 1 N–H and O–H groups in total. The molecule has 30 heavy (non-hydrogen) atoms. The molecule has 1 aromatic carbocycles. The van der Waals surface area contributed by atoms with Gasteiger partial charge in [-0.05, 0) is 25.0 Å². The predicted octanol–water partition coefficient (Wildman–Crippen LogP) is 2.28. The Morgan fingerprint density at radius 1 is 1.20 bits per heavy atom. The number of alkyl halides is 3. The highest BCUT2D eigenvalue weighted by molar-refractivity contribution is 7.85. The summed E-state index contributed by atoms with van der Waals surface area (Å²) in [6.07, 6.45) is -3.84. The van der Waals surface area contributed by atoms with Gasteiger partial charge in [0, 0.05) is 0 Å². The second-order valence-electron chi connectivity index (χ2n) is 7.12. The Hall–Kier alpha value is -2.08. The van der Waals surface area contributed by atoms with E-state index in [4.69, 9.17) is 9.29 Å². The summed E-state index contributed by atoms with van der Waals surface area (Å²) in [7, 11) is -3.27. The number of hydrogen-bond donors (Lipinski definition) is 1. The predicted molar refractivity (Wildman–Crippen MR) is 103 cm³/mol. The summed E-state index contributed by atoms with van der Waals surface area (Å²) in [5.41, 5.74) is 0.226. The number of hydrogen-bond acceptors (Lipinski definition) is 6. The fourth-order valence-corrected chi connectivity index (χ4v) is 3.79. The van der Waals surface area contributed by atoms with Gasteiger partial charge in [-0.15, -0.1) is 0 Å². The van der Waals surface area contributed by atoms with Gasteiger partial charge in [0.1, 0.15) is 24.9 Å². The van der Waals surface area contributed by atoms with Crippen molar-refractivity contribution in [1.29, 1.82) is 0 Å². The lowest BCUT2D eigenvalue weighted by Crippen LogP contribution is -2.39. The van der Waals surface area contributed by atoms with Crippen LogP contribution in [0.15, 0.2) is 18.2 Å². The van der Waals surface area contributed by atoms with Crippen LogP contribution in [0.3, 0.4) is 0 Å². The minimum Gasteiger partial charge on any atom is -0.448 e. The number of halogens is 3. The van der Waals surface area contributed by atoms with Gasteiger partial charge in [0.15, 0.2) is 0 Å². The van der Waals surface area contributed by atoms with E-state index in [0.717, 1.165) is 25.3 Å². The summed E-state index contributed by atoms with van der Waals surface area (Å²) in [5.74, 6) is -4.55. The number of benzene rings is 1. The SMILES string of the molecule is BCc1ccc(C(=O)OC(CS(=O)(=O)O)C(F)(F)F)c(OC(=O)C2CCCCC2)c1. The molecule has 0 amide bonds. The van der Waals surface area contributed by atoms with E-state index in [0.29, 0.717) is 24.7 Å². The highest BCUT2D eigenvalue weighted by atomic mass is 32.2. The molecular formula is C18H22BF3O7S. The Balaban J connectivity index is 2.28. The van der Waals surface area contributed by atoms with Gasteiger partial charge in [-0.25, -0.2) is 4.79 Å². The van der Waals surface area contributed by atoms with E-state index in [1.54, 1.807) is 7.85 Å². The molecule has 166 valence electrons. The summed E-state index contributed by atoms with van der Waals surface area (Å²) in [5, 5.41) is 0. The van der Waals surface area contributed by atoms with Crippen molar-refractivity contribution in [2.75, 3.05) is 5.75 Å². The van der Waals surface area contributed by atoms with Crippen LogP contribution in [-0.4, -0.2) is 50.8 Å². The zero-order valence-corrected chi connectivity index (χ0v) is 17.1. The Labute approximate surface area is 173 Å². The molecule has 1 aliphatic carbocycles. The average Bonchev–Trinajstić information content (AvgIpc) is 2.66. The molecule has 1 atom stereocenters. The van der Waals surface area contributed by atoms with Crippen LogP contribution < -0.4 is 4.74 Å². The smallest absolute Gasteiger partial charge is 0.426 e. The Morgan fingerprint density at radius 2 is 1.83 bits per heavy atom. The quantitative estimate of drug-likeness (QED) is 0.294. The maximum Gasteiger partial charge on any atom is 0.426 e. The van der Waals surface area contributed by atoms with Crippen LogP contribution >= 0.6 is 0 Å². The third-order valence-electron chi connectivity index (χ3n) is 4.80. The average molecular weight is 450 g/mol. The fraction of sp³-hybridized carbons (Fsp3) is 0.556. The first-order chi connectivity index (χ1) is 13.9. The van der Waals surface area contributed by atoms with Crippen LogP contribution in [-0.2, 0) is 26.0 Å². The minimum absolute atomic E-state index is 0.247. The van der Waals surface area contributed by atoms with E-state index in [1.165, 1.54) is 12.1 Å². The highest BCUT2D eigenvalue weighted by Crippen LogP contribution is 2.30. The molecule has 1 saturated carbocycles. The summed E-state index contributed by atoms with van der Waals surface area (Å²) in [4.78, 5) is 24.8. The maximum atomic E-state index is 13.1. The van der Waals surface area contributed by atoms with Crippen molar-refractivity contribution in [2.45, 2.75) is 50.7 Å². The molecule has 2 rings (SSSR count). The standard InChI is InChI=1S/C18H22BF3O7S/c19-9-11-6-7-13(14(8-11)28-16(23)12-4-2-1-3-5-12)17(24)29-15(18(20,21)22)10-30(25,26)27/h6-8,12,15H,1-5,9-10,19H2,(H,25,26,27). The summed E-state index contributed by atoms with van der Waals surface area (Å²) < 4.78 is 79.3. The molecule has 1 unspecified atom stereocenters. The molecule has 12 heteroatoms. The van der Waals surface area contributed by atoms with Gasteiger partial charge in [0.2, 0.25) is 6.10 Å². The first-order valence-electron chi connectivity index (χ1n) is 9.48. The molecule has 0 saturated heterocycles. The van der Waals surface area contributed by atoms with Crippen LogP contribution in [0, 0.1) is 5.92 Å². The van der Waals surface area contributed by atoms with Gasteiger partial charge < -0.3 is 9.47 Å². The van der Waals surface area contributed by atoms with Gasteiger partial charge in [0.05, 0.1) is 5.92 Å². The van der Waals surface area contributed by atoms with Crippen molar-refractivity contribution in [2.24, 2.45) is 5.92 Å². The second kappa shape index (κ2) is 9.82. The van der Waals surface area contributed by atoms with Crippen LogP contribution in [0.25, 0.3) is 0 Å². The van der Waals surface area contributed by atoms with Crippen LogP contribution in [0.4, 0.5) is 13.2 Å². The van der Waals surface area contributed by atoms with Crippen LogP contribution in [0.2, 0.25) is 0 Å². The number of carbonyl (C=O) groups is 2. The summed E-state index contributed by atoms with van der Waals surface area (Å²) >= 11 is 0. The topological polar surface area (TPSA) is 107 Å². The van der Waals surface area contributed by atoms with E-state index >= 15 is 0 Å². The second-order valence-corrected chi connectivity index (χ2v) is 8.62. The Bertz CT molecular complexity index is 880. The molecule has 1 aromatic rings. The summed E-state index contributed by atoms with van der Waals surface area (Å²) in [6, 6.07) is 3.98. The van der Waals surface area contributed by atoms with E-state index in [2.05, 4.69) is 4.74 Å². The zero-order valence-electron chi connectivity index (χ0n) is 16.3. The van der Waals surface area contributed by atoms with Crippen molar-refractivity contribution >= 4 is 29.9 Å². The molecule has 0 radical (unpaired) electrons. The molecule has 7 nitrogen and oxygen atoms in total. The lowest BCUT2D eigenvalue weighted by molar-refractivity contribution is -0.197. The minimum atomic E-state index is -5.23. The van der Waals surface area contributed by atoms with Gasteiger partial charge in [-0.2, -0.15) is 21.6 Å². The van der Waals surface area contributed by atoms with Crippen LogP contribution in [0.5, 0.6) is 5.75 Å². The van der Waals surface area contributed by atoms with Crippen molar-refractivity contribution in [3.05, 3.63) is 29.3 Å². The van der Waals surface area contributed by atoms with Crippen molar-refractivity contribution < 1.29 is 45.2 Å². The first kappa shape index (κ1) is 24.2. The number of rotatable bonds is 7. The van der Waals surface area contributed by atoms with E-state index < -0.39 is 45.7 Å². The Morgan fingerprint density at radius 3 is 2.37 bits per heavy atom. The van der Waals surface area contributed by atoms with E-state index in [9.17, 15) is 31.2 Å². The molecule has 0 heterocycles. The molecule has 1 fully saturated rings. The number of esters is 2. The molecule has 0 aliphatic heterocycles. The van der Waals surface area contributed by atoms with Crippen molar-refractivity contribution in [3.8, 4) is 5.75 Å². The third kappa shape index (κ3) is 7.01. The first-order valence-corrected chi connectivity index (χ1v) is 11.1. The number of ether oxygens (including phenoxy) is 2. The fourth-order valence-electron chi connectivity index (χ4n) is 3.15. The molecule has 0 spiro atoms. The lowest BCUT2D eigenvalue weighted by atomic mass is 9.89. The largest absolute Gasteiger partial charge is 0.448 e. The lowest BCUT2D eigenvalue weighted by Gasteiger charge is -2.22. The monoisotopic (exact) mass is 450 g/mol. The van der Waals surface area contributed by atoms with Gasteiger partial charge in [0.25, 0.3) is 10.1 Å². The molecule has 1 aliphatic rings. The zero-order chi connectivity index (χ0) is 22.5. The van der Waals surface area contributed by atoms with Crippen molar-refractivity contribution in [3.63, 3.8) is 0 Å². The molecule has 0 bridgehead atoms. The Kier molecular flexibility index (Phi) is 7.92. The van der Waals surface area contributed by atoms with Crippen LogP contribution in [0.1, 0.15) is 48.0 Å². The number of carbonyl (C=O) groups excluding carboxylic acids is 2. The van der Waals surface area contributed by atoms with E-state index in [-0.39, 0.29) is 11.7 Å². The van der Waals surface area contributed by atoms with E-state index in [1.807, 2.05) is 0 Å². The maximum absolute atomic E-state index is 13.1. The molecule has 0 aromatic heterocycles. The van der Waals surface area contributed by atoms with Gasteiger partial charge in [-0.1, -0.05) is 37.2 Å². The summed E-state index contributed by atoms with van der Waals surface area (Å²) in [6.45, 7) is 0. The van der Waals surface area contributed by atoms with Crippen molar-refractivity contribution in [1.82, 2.24) is 0 Å². The van der Waals surface area contributed by atoms with Gasteiger partial charge in [-0.3, -0.25) is 9.35 Å². The normalized spacial score (nSPS) is 16.7.